The van der Waals surface area contributed by atoms with Crippen molar-refractivity contribution >= 4 is 11.7 Å². The third-order valence-electron chi connectivity index (χ3n) is 5.52. The van der Waals surface area contributed by atoms with E-state index in [1.54, 1.807) is 12.1 Å². The molecule has 2 aliphatic rings. The van der Waals surface area contributed by atoms with Crippen molar-refractivity contribution in [2.24, 2.45) is 0 Å². The lowest BCUT2D eigenvalue weighted by Gasteiger charge is -2.24. The highest BCUT2D eigenvalue weighted by atomic mass is 19.1. The van der Waals surface area contributed by atoms with Crippen molar-refractivity contribution in [2.75, 3.05) is 31.1 Å². The lowest BCUT2D eigenvalue weighted by Crippen LogP contribution is -2.43. The van der Waals surface area contributed by atoms with Gasteiger partial charge in [0.2, 0.25) is 0 Å². The molecule has 0 bridgehead atoms. The first-order chi connectivity index (χ1) is 13.6. The Morgan fingerprint density at radius 3 is 2.68 bits per heavy atom. The van der Waals surface area contributed by atoms with Gasteiger partial charge in [0, 0.05) is 43.8 Å². The number of benzene rings is 2. The average Bonchev–Trinajstić information content (AvgIpc) is 3.51. The molecule has 28 heavy (non-hydrogen) atoms. The van der Waals surface area contributed by atoms with Crippen molar-refractivity contribution in [3.63, 3.8) is 0 Å². The third kappa shape index (κ3) is 4.09. The summed E-state index contributed by atoms with van der Waals surface area (Å²) in [5.74, 6) is -0.0216. The number of nitriles is 1. The minimum absolute atomic E-state index is 0.0365. The maximum Gasteiger partial charge on any atom is 0.317 e. The summed E-state index contributed by atoms with van der Waals surface area (Å²) in [7, 11) is 0. The first-order valence-electron chi connectivity index (χ1n) is 9.70. The molecule has 1 saturated carbocycles. The van der Waals surface area contributed by atoms with Gasteiger partial charge in [0.15, 0.2) is 0 Å². The van der Waals surface area contributed by atoms with E-state index in [4.69, 9.17) is 5.26 Å². The lowest BCUT2D eigenvalue weighted by molar-refractivity contribution is 0.201. The molecule has 1 aliphatic carbocycles. The van der Waals surface area contributed by atoms with Crippen LogP contribution in [0.25, 0.3) is 0 Å². The maximum absolute atomic E-state index is 13.4. The van der Waals surface area contributed by atoms with Gasteiger partial charge in [-0.1, -0.05) is 12.1 Å². The summed E-state index contributed by atoms with van der Waals surface area (Å²) in [5.41, 5.74) is 2.68. The summed E-state index contributed by atoms with van der Waals surface area (Å²) in [6, 6.07) is 16.4. The highest BCUT2D eigenvalue weighted by molar-refractivity contribution is 5.75. The highest BCUT2D eigenvalue weighted by Crippen LogP contribution is 2.41. The molecule has 5 nitrogen and oxygen atoms in total. The predicted molar refractivity (Wildman–Crippen MR) is 106 cm³/mol. The van der Waals surface area contributed by atoms with Gasteiger partial charge in [-0.3, -0.25) is 0 Å². The van der Waals surface area contributed by atoms with Crippen LogP contribution in [0.15, 0.2) is 48.5 Å². The second-order valence-corrected chi connectivity index (χ2v) is 7.44. The Labute approximate surface area is 164 Å². The largest absolute Gasteiger partial charge is 0.370 e. The van der Waals surface area contributed by atoms with Crippen molar-refractivity contribution in [1.29, 1.82) is 5.26 Å². The molecule has 4 rings (SSSR count). The Balaban J connectivity index is 1.30. The standard InChI is InChI=1S/C22H23FN4O/c23-18-4-1-3-17(13-18)20-14-21(20)25-22(28)27-10-2-9-26(11-12-27)19-7-5-16(15-24)6-8-19/h1,3-8,13,20-21H,2,9-12,14H2,(H,25,28)/t20-,21+/m0/s1. The van der Waals surface area contributed by atoms with E-state index >= 15 is 0 Å². The number of hydrogen-bond acceptors (Lipinski definition) is 3. The lowest BCUT2D eigenvalue weighted by atomic mass is 10.1. The number of nitrogens with one attached hydrogen (secondary N) is 1. The quantitative estimate of drug-likeness (QED) is 0.890. The zero-order chi connectivity index (χ0) is 19.5. The second kappa shape index (κ2) is 7.89. The van der Waals surface area contributed by atoms with Gasteiger partial charge in [0.25, 0.3) is 0 Å². The number of anilines is 1. The Morgan fingerprint density at radius 2 is 1.93 bits per heavy atom. The summed E-state index contributed by atoms with van der Waals surface area (Å²) in [6.45, 7) is 3.02. The number of hydrogen-bond donors (Lipinski definition) is 1. The summed E-state index contributed by atoms with van der Waals surface area (Å²) >= 11 is 0. The number of carbonyl (C=O) groups excluding carboxylic acids is 1. The first-order valence-corrected chi connectivity index (χ1v) is 9.70. The van der Waals surface area contributed by atoms with Gasteiger partial charge in [0.1, 0.15) is 5.82 Å². The minimum Gasteiger partial charge on any atom is -0.370 e. The Hall–Kier alpha value is -3.07. The second-order valence-electron chi connectivity index (χ2n) is 7.44. The van der Waals surface area contributed by atoms with Crippen LogP contribution >= 0.6 is 0 Å². The summed E-state index contributed by atoms with van der Waals surface area (Å²) in [6.07, 6.45) is 1.76. The van der Waals surface area contributed by atoms with Crippen LogP contribution in [0.3, 0.4) is 0 Å². The Morgan fingerprint density at radius 1 is 1.11 bits per heavy atom. The van der Waals surface area contributed by atoms with Crippen LogP contribution in [-0.2, 0) is 0 Å². The smallest absolute Gasteiger partial charge is 0.317 e. The van der Waals surface area contributed by atoms with E-state index in [0.717, 1.165) is 43.7 Å². The molecular weight excluding hydrogens is 355 g/mol. The number of urea groups is 1. The molecule has 0 aromatic heterocycles. The predicted octanol–water partition coefficient (Wildman–Crippen LogP) is 3.48. The molecule has 6 heteroatoms. The summed E-state index contributed by atoms with van der Waals surface area (Å²) in [4.78, 5) is 16.8. The van der Waals surface area contributed by atoms with Crippen LogP contribution in [0.4, 0.5) is 14.9 Å². The van der Waals surface area contributed by atoms with Crippen molar-refractivity contribution in [2.45, 2.75) is 24.8 Å². The van der Waals surface area contributed by atoms with Gasteiger partial charge in [0.05, 0.1) is 11.6 Å². The molecule has 2 amide bonds. The molecule has 1 heterocycles. The average molecular weight is 378 g/mol. The molecule has 0 unspecified atom stereocenters. The van der Waals surface area contributed by atoms with Gasteiger partial charge >= 0.3 is 6.03 Å². The molecule has 0 radical (unpaired) electrons. The fourth-order valence-electron chi connectivity index (χ4n) is 3.84. The number of halogens is 1. The van der Waals surface area contributed by atoms with Crippen LogP contribution in [0.2, 0.25) is 0 Å². The van der Waals surface area contributed by atoms with Crippen LogP contribution in [0.5, 0.6) is 0 Å². The molecule has 2 atom stereocenters. The maximum atomic E-state index is 13.4. The zero-order valence-corrected chi connectivity index (χ0v) is 15.6. The van der Waals surface area contributed by atoms with E-state index in [1.807, 2.05) is 35.2 Å². The molecule has 2 aromatic carbocycles. The normalized spacial score (nSPS) is 21.6. The molecule has 1 N–H and O–H groups in total. The van der Waals surface area contributed by atoms with E-state index in [0.29, 0.717) is 12.1 Å². The van der Waals surface area contributed by atoms with E-state index < -0.39 is 0 Å². The van der Waals surface area contributed by atoms with Crippen LogP contribution < -0.4 is 10.2 Å². The van der Waals surface area contributed by atoms with Crippen molar-refractivity contribution in [1.82, 2.24) is 10.2 Å². The van der Waals surface area contributed by atoms with Gasteiger partial charge < -0.3 is 15.1 Å². The van der Waals surface area contributed by atoms with E-state index in [-0.39, 0.29) is 23.8 Å². The van der Waals surface area contributed by atoms with E-state index in [2.05, 4.69) is 16.3 Å². The first kappa shape index (κ1) is 18.3. The van der Waals surface area contributed by atoms with Gasteiger partial charge in [-0.15, -0.1) is 0 Å². The topological polar surface area (TPSA) is 59.4 Å². The number of rotatable bonds is 3. The van der Waals surface area contributed by atoms with Crippen LogP contribution in [0, 0.1) is 17.1 Å². The molecule has 1 aliphatic heterocycles. The SMILES string of the molecule is N#Cc1ccc(N2CCCN(C(=O)N[C@@H]3C[C@H]3c3cccc(F)c3)CC2)cc1. The molecule has 2 aromatic rings. The number of amides is 2. The summed E-state index contributed by atoms with van der Waals surface area (Å²) in [5, 5.41) is 12.0. The Bertz CT molecular complexity index is 892. The molecular formula is C22H23FN4O. The van der Waals surface area contributed by atoms with Gasteiger partial charge in [-0.05, 0) is 54.8 Å². The van der Waals surface area contributed by atoms with Crippen LogP contribution in [0.1, 0.15) is 29.9 Å². The van der Waals surface area contributed by atoms with Crippen molar-refractivity contribution < 1.29 is 9.18 Å². The summed E-state index contributed by atoms with van der Waals surface area (Å²) < 4.78 is 13.4. The van der Waals surface area contributed by atoms with Gasteiger partial charge in [-0.25, -0.2) is 9.18 Å². The monoisotopic (exact) mass is 378 g/mol. The van der Waals surface area contributed by atoms with Crippen LogP contribution in [-0.4, -0.2) is 43.2 Å². The van der Waals surface area contributed by atoms with Gasteiger partial charge in [-0.2, -0.15) is 5.26 Å². The Kier molecular flexibility index (Phi) is 5.16. The molecule has 2 fully saturated rings. The van der Waals surface area contributed by atoms with Crippen molar-refractivity contribution in [3.8, 4) is 6.07 Å². The molecule has 144 valence electrons. The fourth-order valence-corrected chi connectivity index (χ4v) is 3.84. The van der Waals surface area contributed by atoms with E-state index in [9.17, 15) is 9.18 Å². The number of carbonyl (C=O) groups is 1. The number of nitrogens with zero attached hydrogens (tertiary/aromatic N) is 3. The molecule has 1 saturated heterocycles. The fraction of sp³-hybridized carbons (Fsp3) is 0.364. The van der Waals surface area contributed by atoms with E-state index in [1.165, 1.54) is 6.07 Å². The minimum atomic E-state index is -0.232. The third-order valence-corrected chi connectivity index (χ3v) is 5.52. The zero-order valence-electron chi connectivity index (χ0n) is 15.6. The highest BCUT2D eigenvalue weighted by Gasteiger charge is 2.40. The molecule has 0 spiro atoms. The van der Waals surface area contributed by atoms with Crippen molar-refractivity contribution in [3.05, 3.63) is 65.5 Å².